The van der Waals surface area contributed by atoms with Crippen molar-refractivity contribution in [2.75, 3.05) is 0 Å². The quantitative estimate of drug-likeness (QED) is 0.384. The van der Waals surface area contributed by atoms with E-state index in [2.05, 4.69) is 4.42 Å². The maximum absolute atomic E-state index is 11.7. The highest BCUT2D eigenvalue weighted by molar-refractivity contribution is 7.36. The number of carbonyl (C=O) groups excluding carboxylic acids is 1. The number of fused-ring (bicyclic) bond motifs is 4. The van der Waals surface area contributed by atoms with E-state index in [0.717, 1.165) is 18.8 Å². The van der Waals surface area contributed by atoms with Crippen molar-refractivity contribution in [1.29, 1.82) is 0 Å². The van der Waals surface area contributed by atoms with Gasteiger partial charge in [0.15, 0.2) is 0 Å². The molecule has 118 valence electrons. The monoisotopic (exact) mass is 358 g/mol. The molecule has 0 saturated carbocycles. The van der Waals surface area contributed by atoms with Crippen LogP contribution >= 0.6 is 22.7 Å². The van der Waals surface area contributed by atoms with Crippen LogP contribution < -0.4 is 11.3 Å². The summed E-state index contributed by atoms with van der Waals surface area (Å²) in [6.07, 6.45) is -1.25. The predicted molar refractivity (Wildman–Crippen MR) is 89.9 cm³/mol. The van der Waals surface area contributed by atoms with Crippen LogP contribution in [0.25, 0.3) is 29.6 Å². The zero-order valence-corrected chi connectivity index (χ0v) is 13.3. The molecule has 2 aromatic heterocycles. The molecular formula is C16H6O6S2. The summed E-state index contributed by atoms with van der Waals surface area (Å²) in [5, 5.41) is 10.3. The Morgan fingerprint density at radius 2 is 1.38 bits per heavy atom. The molecule has 1 aliphatic heterocycles. The Labute approximate surface area is 140 Å². The van der Waals surface area contributed by atoms with Gasteiger partial charge in [0.1, 0.15) is 0 Å². The number of aliphatic hydroxyl groups excluding tert-OH is 1. The molecule has 0 radical (unpaired) electrons. The number of esters is 1. The Morgan fingerprint density at radius 3 is 2.00 bits per heavy atom. The molecule has 0 amide bonds. The lowest BCUT2D eigenvalue weighted by molar-refractivity contribution is -0.0547. The van der Waals surface area contributed by atoms with Gasteiger partial charge in [-0.05, 0) is 24.3 Å². The molecule has 24 heavy (non-hydrogen) atoms. The molecule has 0 aliphatic carbocycles. The van der Waals surface area contributed by atoms with Crippen LogP contribution in [0.4, 0.5) is 0 Å². The van der Waals surface area contributed by atoms with Crippen molar-refractivity contribution in [3.05, 3.63) is 56.2 Å². The van der Waals surface area contributed by atoms with E-state index in [-0.39, 0.29) is 10.8 Å². The lowest BCUT2D eigenvalue weighted by Gasteiger charge is -2.04. The summed E-state index contributed by atoms with van der Waals surface area (Å²) in [6, 6.07) is 6.68. The first kappa shape index (κ1) is 13.8. The van der Waals surface area contributed by atoms with E-state index in [0.29, 0.717) is 11.1 Å². The van der Waals surface area contributed by atoms with Gasteiger partial charge < -0.3 is 14.3 Å². The highest BCUT2D eigenvalue weighted by Crippen LogP contribution is 2.39. The summed E-state index contributed by atoms with van der Waals surface area (Å²) < 4.78 is 12.7. The van der Waals surface area contributed by atoms with E-state index in [1.54, 1.807) is 24.3 Å². The molecule has 1 unspecified atom stereocenters. The molecule has 1 N–H and O–H groups in total. The minimum atomic E-state index is -1.25. The second kappa shape index (κ2) is 4.50. The van der Waals surface area contributed by atoms with Gasteiger partial charge in [-0.15, -0.1) is 22.7 Å². The summed E-state index contributed by atoms with van der Waals surface area (Å²) in [4.78, 5) is 35.1. The molecule has 3 heterocycles. The first-order valence-corrected chi connectivity index (χ1v) is 8.52. The summed E-state index contributed by atoms with van der Waals surface area (Å²) >= 11 is 2.79. The minimum absolute atomic E-state index is 0.256. The minimum Gasteiger partial charge on any atom is -0.428 e. The van der Waals surface area contributed by atoms with Crippen LogP contribution in [0.5, 0.6) is 0 Å². The maximum atomic E-state index is 11.7. The lowest BCUT2D eigenvalue weighted by Crippen LogP contribution is -1.95. The molecule has 0 bridgehead atoms. The average Bonchev–Trinajstić information content (AvgIpc) is 2.98. The summed E-state index contributed by atoms with van der Waals surface area (Å²) in [6.45, 7) is 0. The van der Waals surface area contributed by atoms with Gasteiger partial charge >= 0.3 is 17.2 Å². The molecule has 1 aliphatic rings. The van der Waals surface area contributed by atoms with Gasteiger partial charge in [0.05, 0.1) is 16.3 Å². The van der Waals surface area contributed by atoms with E-state index in [9.17, 15) is 19.5 Å². The Balaban J connectivity index is 1.91. The number of cyclic esters (lactones) is 1. The predicted octanol–water partition coefficient (Wildman–Crippen LogP) is 2.74. The van der Waals surface area contributed by atoms with Gasteiger partial charge in [-0.1, -0.05) is 0 Å². The van der Waals surface area contributed by atoms with E-state index >= 15 is 0 Å². The summed E-state index contributed by atoms with van der Waals surface area (Å²) in [7, 11) is 0. The van der Waals surface area contributed by atoms with Gasteiger partial charge in [0, 0.05) is 24.4 Å². The lowest BCUT2D eigenvalue weighted by atomic mass is 10.1. The third-order valence-corrected chi connectivity index (χ3v) is 6.46. The van der Waals surface area contributed by atoms with Crippen LogP contribution in [-0.4, -0.2) is 11.1 Å². The highest BCUT2D eigenvalue weighted by Gasteiger charge is 2.30. The van der Waals surface area contributed by atoms with Crippen LogP contribution in [0.3, 0.4) is 0 Å². The van der Waals surface area contributed by atoms with Crippen molar-refractivity contribution < 1.29 is 19.1 Å². The average molecular weight is 358 g/mol. The molecule has 2 aromatic carbocycles. The molecule has 5 rings (SSSR count). The number of hydrogen-bond acceptors (Lipinski definition) is 8. The van der Waals surface area contributed by atoms with Crippen LogP contribution in [0.15, 0.2) is 38.3 Å². The van der Waals surface area contributed by atoms with Crippen molar-refractivity contribution in [3.8, 4) is 0 Å². The second-order valence-electron chi connectivity index (χ2n) is 5.37. The normalized spacial score (nSPS) is 16.9. The number of hydrogen-bond donors (Lipinski definition) is 1. The van der Waals surface area contributed by atoms with E-state index in [1.807, 2.05) is 0 Å². The number of ether oxygens (including phenoxy) is 1. The van der Waals surface area contributed by atoms with Crippen LogP contribution in [0.2, 0.25) is 0 Å². The van der Waals surface area contributed by atoms with Crippen molar-refractivity contribution in [3.63, 3.8) is 0 Å². The molecule has 0 saturated heterocycles. The van der Waals surface area contributed by atoms with Gasteiger partial charge in [-0.3, -0.25) is 0 Å². The highest BCUT2D eigenvalue weighted by atomic mass is 32.1. The maximum Gasteiger partial charge on any atom is 0.346 e. The molecule has 0 fully saturated rings. The zero-order chi connectivity index (χ0) is 16.6. The van der Waals surface area contributed by atoms with Crippen LogP contribution in [0, 0.1) is 0 Å². The molecule has 0 spiro atoms. The number of aliphatic hydroxyl groups is 1. The number of rotatable bonds is 0. The topological polar surface area (TPSA) is 93.8 Å². The molecule has 4 aromatic rings. The Hall–Kier alpha value is -2.55. The van der Waals surface area contributed by atoms with E-state index < -0.39 is 23.5 Å². The van der Waals surface area contributed by atoms with Crippen molar-refractivity contribution in [2.45, 2.75) is 6.29 Å². The largest absolute Gasteiger partial charge is 0.428 e. The fourth-order valence-corrected chi connectivity index (χ4v) is 5.16. The smallest absolute Gasteiger partial charge is 0.346 e. The molecule has 6 nitrogen and oxygen atoms in total. The van der Waals surface area contributed by atoms with E-state index in [1.165, 1.54) is 22.7 Å². The molecule has 1 atom stereocenters. The number of benzene rings is 2. The van der Waals surface area contributed by atoms with Gasteiger partial charge in [-0.2, -0.15) is 0 Å². The standard InChI is InChI=1S/C16H6O6S2/c17-13-5-1-9-10(2-6(5)14(18)21-13)24-12-4-8-7(3-11(12)23-9)15(19)22-16(8)20/h1-4,13,17H. The third kappa shape index (κ3) is 1.75. The van der Waals surface area contributed by atoms with E-state index in [4.69, 9.17) is 4.74 Å². The SMILES string of the molecule is O=C1OC(O)c2cc3sc4cc5c(=O)oc(=O)c5cc4sc3cc21. The Morgan fingerprint density at radius 1 is 0.833 bits per heavy atom. The van der Waals surface area contributed by atoms with Gasteiger partial charge in [-0.25, -0.2) is 14.4 Å². The Kier molecular flexibility index (Phi) is 2.60. The van der Waals surface area contributed by atoms with Crippen LogP contribution in [0.1, 0.15) is 22.2 Å². The third-order valence-electron chi connectivity index (χ3n) is 3.97. The number of carbonyl (C=O) groups is 1. The first-order valence-electron chi connectivity index (χ1n) is 6.88. The number of furan rings is 1. The molecular weight excluding hydrogens is 352 g/mol. The zero-order valence-electron chi connectivity index (χ0n) is 11.7. The van der Waals surface area contributed by atoms with Crippen molar-refractivity contribution >= 4 is 58.2 Å². The Bertz CT molecular complexity index is 1310. The summed E-state index contributed by atoms with van der Waals surface area (Å²) in [5.41, 5.74) is -0.507. The van der Waals surface area contributed by atoms with Gasteiger partial charge in [0.2, 0.25) is 6.29 Å². The fourth-order valence-electron chi connectivity index (χ4n) is 2.83. The fraction of sp³-hybridized carbons (Fsp3) is 0.0625. The van der Waals surface area contributed by atoms with Crippen molar-refractivity contribution in [1.82, 2.24) is 0 Å². The summed E-state index contributed by atoms with van der Waals surface area (Å²) in [5.74, 6) is -0.556. The first-order chi connectivity index (χ1) is 11.5. The second-order valence-corrected chi connectivity index (χ2v) is 7.54. The molecule has 8 heteroatoms. The van der Waals surface area contributed by atoms with Gasteiger partial charge in [0.25, 0.3) is 0 Å². The van der Waals surface area contributed by atoms with Crippen molar-refractivity contribution in [2.24, 2.45) is 0 Å². The van der Waals surface area contributed by atoms with Crippen LogP contribution in [-0.2, 0) is 4.74 Å².